The van der Waals surface area contributed by atoms with Crippen LogP contribution in [0.3, 0.4) is 0 Å². The van der Waals surface area contributed by atoms with E-state index in [0.717, 1.165) is 16.6 Å². The number of rotatable bonds is 13. The van der Waals surface area contributed by atoms with Crippen LogP contribution in [0.1, 0.15) is 92.9 Å². The largest absolute Gasteiger partial charge is 0.265 e. The summed E-state index contributed by atoms with van der Waals surface area (Å²) >= 11 is -0.541. The predicted molar refractivity (Wildman–Crippen MR) is 97.1 cm³/mol. The van der Waals surface area contributed by atoms with E-state index >= 15 is 0 Å². The molecule has 120 valence electrons. The molecule has 0 aliphatic rings. The molecule has 0 N–H and O–H groups in total. The molecule has 0 nitrogen and oxygen atoms in total. The molecule has 0 amide bonds. The van der Waals surface area contributed by atoms with Crippen LogP contribution in [-0.4, -0.2) is 14.1 Å². The van der Waals surface area contributed by atoms with Crippen molar-refractivity contribution in [2.24, 2.45) is 11.8 Å². The fourth-order valence-corrected chi connectivity index (χ4v) is 8.58. The highest BCUT2D eigenvalue weighted by molar-refractivity contribution is 6.60. The molecule has 0 aliphatic carbocycles. The summed E-state index contributed by atoms with van der Waals surface area (Å²) < 4.78 is 1.13. The quantitative estimate of drug-likeness (QED) is 0.246. The highest BCUT2D eigenvalue weighted by atomic mass is 27.2. The van der Waals surface area contributed by atoms with Gasteiger partial charge in [0.25, 0.3) is 14.1 Å². The van der Waals surface area contributed by atoms with Gasteiger partial charge in [0.05, 0.1) is 0 Å². The van der Waals surface area contributed by atoms with Crippen molar-refractivity contribution in [2.75, 3.05) is 0 Å². The van der Waals surface area contributed by atoms with Crippen molar-refractivity contribution >= 4 is 14.1 Å². The van der Waals surface area contributed by atoms with Crippen LogP contribution in [-0.2, 0) is 0 Å². The lowest BCUT2D eigenvalue weighted by Gasteiger charge is -2.26. The zero-order valence-corrected chi connectivity index (χ0v) is 16.5. The van der Waals surface area contributed by atoms with Crippen molar-refractivity contribution in [2.45, 2.75) is 108 Å². The molecule has 0 radical (unpaired) electrons. The van der Waals surface area contributed by atoms with Crippen LogP contribution in [0, 0.1) is 11.8 Å². The fraction of sp³-hybridized carbons (Fsp3) is 1.00. The third kappa shape index (κ3) is 11.2. The van der Waals surface area contributed by atoms with E-state index in [1.54, 1.807) is 17.0 Å². The first-order valence-corrected chi connectivity index (χ1v) is 11.8. The van der Waals surface area contributed by atoms with Crippen LogP contribution >= 0.6 is 0 Å². The Hall–Kier alpha value is 0.532. The van der Waals surface area contributed by atoms with Crippen molar-refractivity contribution in [1.29, 1.82) is 0 Å². The predicted octanol–water partition coefficient (Wildman–Crippen LogP) is 7.32. The van der Waals surface area contributed by atoms with Gasteiger partial charge in [0.15, 0.2) is 0 Å². The first kappa shape index (κ1) is 20.5. The maximum absolute atomic E-state index is 2.44. The zero-order valence-electron chi connectivity index (χ0n) is 15.4. The lowest BCUT2D eigenvalue weighted by Crippen LogP contribution is -2.24. The number of hydrogen-bond donors (Lipinski definition) is 0. The smallest absolute Gasteiger partial charge is 0.0914 e. The lowest BCUT2D eigenvalue weighted by atomic mass is 10.1. The van der Waals surface area contributed by atoms with Gasteiger partial charge in [-0.1, -0.05) is 120 Å². The van der Waals surface area contributed by atoms with Gasteiger partial charge < -0.3 is 0 Å². The molecule has 0 aromatic heterocycles. The first-order valence-electron chi connectivity index (χ1n) is 9.51. The third-order valence-corrected chi connectivity index (χ3v) is 9.65. The van der Waals surface area contributed by atoms with E-state index in [1.165, 1.54) is 44.9 Å². The number of unbranched alkanes of at least 4 members (excludes halogenated alkanes) is 4. The van der Waals surface area contributed by atoms with E-state index in [0.29, 0.717) is 0 Å². The Bertz CT molecular complexity index is 188. The highest BCUT2D eigenvalue weighted by Gasteiger charge is 2.28. The van der Waals surface area contributed by atoms with Gasteiger partial charge in [-0.15, -0.1) is 0 Å². The minimum atomic E-state index is -0.541. The van der Waals surface area contributed by atoms with Crippen LogP contribution in [0.15, 0.2) is 0 Å². The summed E-state index contributed by atoms with van der Waals surface area (Å²) in [5.74, 6) is 1.84. The number of hydrogen-bond acceptors (Lipinski definition) is 0. The summed E-state index contributed by atoms with van der Waals surface area (Å²) in [7, 11) is 0. The molecule has 1 atom stereocenters. The highest BCUT2D eigenvalue weighted by Crippen LogP contribution is 2.32. The average molecular weight is 297 g/mol. The molecule has 1 heteroatoms. The molecule has 0 heterocycles. The molecule has 0 spiro atoms. The first-order chi connectivity index (χ1) is 9.51. The van der Waals surface area contributed by atoms with E-state index in [4.69, 9.17) is 0 Å². The lowest BCUT2D eigenvalue weighted by molar-refractivity contribution is 0.554. The van der Waals surface area contributed by atoms with Crippen molar-refractivity contribution in [3.63, 3.8) is 0 Å². The van der Waals surface area contributed by atoms with Crippen LogP contribution in [0.2, 0.25) is 15.3 Å². The summed E-state index contributed by atoms with van der Waals surface area (Å²) in [6, 6.07) is 0. The standard InChI is InChI=1S/C11H23.2C4H9.Al/c1-3-5-7-9-11-10-8-6-4-2;2*1-4(2)3;/h7H,3-6,8-11H2,1-2H3;2*4H,1H2,2-3H3;. The van der Waals surface area contributed by atoms with Crippen molar-refractivity contribution < 1.29 is 0 Å². The van der Waals surface area contributed by atoms with Crippen molar-refractivity contribution in [3.8, 4) is 0 Å². The average Bonchev–Trinajstić information content (AvgIpc) is 2.35. The molecule has 20 heavy (non-hydrogen) atoms. The Morgan fingerprint density at radius 2 is 1.20 bits per heavy atom. The Balaban J connectivity index is 4.30. The molecule has 0 aliphatic heterocycles. The Morgan fingerprint density at radius 3 is 1.65 bits per heavy atom. The molecule has 0 saturated heterocycles. The minimum Gasteiger partial charge on any atom is -0.0914 e. The van der Waals surface area contributed by atoms with Gasteiger partial charge in [0.2, 0.25) is 0 Å². The Kier molecular flexibility index (Phi) is 13.6. The van der Waals surface area contributed by atoms with E-state index < -0.39 is 14.1 Å². The van der Waals surface area contributed by atoms with E-state index in [9.17, 15) is 0 Å². The minimum absolute atomic E-state index is 0.541. The molecular weight excluding hydrogens is 255 g/mol. The van der Waals surface area contributed by atoms with Gasteiger partial charge in [0.1, 0.15) is 0 Å². The molecule has 0 aromatic rings. The van der Waals surface area contributed by atoms with E-state index in [-0.39, 0.29) is 0 Å². The Labute approximate surface area is 134 Å². The van der Waals surface area contributed by atoms with Gasteiger partial charge in [-0.2, -0.15) is 0 Å². The fourth-order valence-electron chi connectivity index (χ4n) is 3.69. The second-order valence-corrected chi connectivity index (χ2v) is 11.2. The summed E-state index contributed by atoms with van der Waals surface area (Å²) in [6.45, 7) is 14.4. The van der Waals surface area contributed by atoms with Crippen molar-refractivity contribution in [1.82, 2.24) is 0 Å². The molecule has 0 rings (SSSR count). The van der Waals surface area contributed by atoms with Crippen molar-refractivity contribution in [3.05, 3.63) is 0 Å². The zero-order chi connectivity index (χ0) is 15.4. The maximum atomic E-state index is 2.44. The van der Waals surface area contributed by atoms with Crippen LogP contribution in [0.4, 0.5) is 0 Å². The Morgan fingerprint density at radius 1 is 0.650 bits per heavy atom. The van der Waals surface area contributed by atoms with Gasteiger partial charge >= 0.3 is 0 Å². The summed E-state index contributed by atoms with van der Waals surface area (Å²) in [6.07, 6.45) is 11.7. The molecule has 0 fully saturated rings. The van der Waals surface area contributed by atoms with Gasteiger partial charge in [-0.3, -0.25) is 0 Å². The topological polar surface area (TPSA) is 0 Å². The third-order valence-electron chi connectivity index (χ3n) is 4.55. The summed E-state index contributed by atoms with van der Waals surface area (Å²) in [4.78, 5) is 0. The molecule has 0 bridgehead atoms. The maximum Gasteiger partial charge on any atom is 0.265 e. The SMILES string of the molecule is CCCCCCC[CH](CCC)[Al]([CH2]C(C)C)[CH2]C(C)C. The van der Waals surface area contributed by atoms with E-state index in [2.05, 4.69) is 41.5 Å². The molecule has 0 aromatic carbocycles. The normalized spacial score (nSPS) is 13.2. The van der Waals surface area contributed by atoms with Crippen LogP contribution in [0.5, 0.6) is 0 Å². The van der Waals surface area contributed by atoms with Gasteiger partial charge in [-0.25, -0.2) is 0 Å². The van der Waals surface area contributed by atoms with Gasteiger partial charge in [0, 0.05) is 0 Å². The van der Waals surface area contributed by atoms with Crippen LogP contribution in [0.25, 0.3) is 0 Å². The summed E-state index contributed by atoms with van der Waals surface area (Å²) in [5, 5.41) is 3.16. The second kappa shape index (κ2) is 13.2. The second-order valence-electron chi connectivity index (χ2n) is 7.77. The van der Waals surface area contributed by atoms with Gasteiger partial charge in [-0.05, 0) is 0 Å². The molecule has 0 saturated carbocycles. The molecule has 1 unspecified atom stereocenters. The summed E-state index contributed by atoms with van der Waals surface area (Å²) in [5.41, 5.74) is 0. The monoisotopic (exact) mass is 296 g/mol. The van der Waals surface area contributed by atoms with E-state index in [1.807, 2.05) is 0 Å². The van der Waals surface area contributed by atoms with Crippen LogP contribution < -0.4 is 0 Å². The molecular formula is C19H41Al.